The maximum absolute atomic E-state index is 12.4. The number of amides is 1. The quantitative estimate of drug-likeness (QED) is 0.917. The van der Waals surface area contributed by atoms with Crippen molar-refractivity contribution in [3.8, 4) is 0 Å². The third-order valence-electron chi connectivity index (χ3n) is 4.82. The fraction of sp³-hybridized carbons (Fsp3) is 0.765. The molecule has 0 radical (unpaired) electrons. The molecule has 1 fully saturated rings. The van der Waals surface area contributed by atoms with E-state index in [9.17, 15) is 9.00 Å². The van der Waals surface area contributed by atoms with Crippen LogP contribution >= 0.6 is 0 Å². The molecular weight excluding hydrogens is 310 g/mol. The van der Waals surface area contributed by atoms with Crippen molar-refractivity contribution in [2.24, 2.45) is 5.92 Å². The summed E-state index contributed by atoms with van der Waals surface area (Å²) in [7, 11) is -0.881. The van der Waals surface area contributed by atoms with Crippen LogP contribution in [0.15, 0.2) is 0 Å². The highest BCUT2D eigenvalue weighted by Crippen LogP contribution is 2.33. The van der Waals surface area contributed by atoms with Gasteiger partial charge < -0.3 is 5.32 Å². The lowest BCUT2D eigenvalue weighted by Crippen LogP contribution is -2.27. The molecule has 1 saturated carbocycles. The summed E-state index contributed by atoms with van der Waals surface area (Å²) in [5.41, 5.74) is 1.64. The smallest absolute Gasteiger partial charge is 0.225 e. The molecule has 1 aromatic rings. The van der Waals surface area contributed by atoms with Crippen LogP contribution in [0.5, 0.6) is 0 Å². The summed E-state index contributed by atoms with van der Waals surface area (Å²) in [6.45, 7) is 6.21. The van der Waals surface area contributed by atoms with Crippen molar-refractivity contribution in [1.82, 2.24) is 9.78 Å². The fourth-order valence-corrected chi connectivity index (χ4v) is 4.83. The first-order valence-corrected chi connectivity index (χ1v) is 10.1. The molecule has 1 unspecified atom stereocenters. The molecular formula is C17H27N3O2S. The third kappa shape index (κ3) is 3.67. The number of aromatic nitrogens is 2. The minimum Gasteiger partial charge on any atom is -0.311 e. The van der Waals surface area contributed by atoms with E-state index < -0.39 is 10.8 Å². The maximum atomic E-state index is 12.4. The van der Waals surface area contributed by atoms with Crippen LogP contribution in [0.4, 0.5) is 5.82 Å². The average Bonchev–Trinajstić information content (AvgIpc) is 3.13. The van der Waals surface area contributed by atoms with Crippen molar-refractivity contribution in [3.63, 3.8) is 0 Å². The van der Waals surface area contributed by atoms with Crippen molar-refractivity contribution in [2.45, 2.75) is 76.3 Å². The lowest BCUT2D eigenvalue weighted by Gasteiger charge is -2.23. The molecule has 1 atom stereocenters. The number of nitrogens with one attached hydrogen (secondary N) is 1. The van der Waals surface area contributed by atoms with Gasteiger partial charge in [-0.2, -0.15) is 5.10 Å². The van der Waals surface area contributed by atoms with Gasteiger partial charge in [-0.3, -0.25) is 9.00 Å². The minimum atomic E-state index is -0.881. The van der Waals surface area contributed by atoms with Crippen LogP contribution in [0.2, 0.25) is 0 Å². The number of hydrogen-bond acceptors (Lipinski definition) is 3. The van der Waals surface area contributed by atoms with Crippen molar-refractivity contribution in [2.75, 3.05) is 5.32 Å². The van der Waals surface area contributed by atoms with Gasteiger partial charge in [0.05, 0.1) is 22.7 Å². The number of fused-ring (bicyclic) bond motifs is 1. The van der Waals surface area contributed by atoms with E-state index in [4.69, 9.17) is 0 Å². The second kappa shape index (κ2) is 6.38. The Morgan fingerprint density at radius 3 is 2.65 bits per heavy atom. The normalized spacial score (nSPS) is 21.6. The molecule has 0 saturated heterocycles. The van der Waals surface area contributed by atoms with Crippen LogP contribution in [0.25, 0.3) is 0 Å². The lowest BCUT2D eigenvalue weighted by atomic mass is 10.0. The zero-order valence-electron chi connectivity index (χ0n) is 14.4. The Morgan fingerprint density at radius 1 is 1.30 bits per heavy atom. The van der Waals surface area contributed by atoms with Gasteiger partial charge in [-0.1, -0.05) is 25.7 Å². The van der Waals surface area contributed by atoms with Gasteiger partial charge in [-0.25, -0.2) is 4.68 Å². The van der Waals surface area contributed by atoms with E-state index in [2.05, 4.69) is 31.2 Å². The molecule has 1 aliphatic heterocycles. The summed E-state index contributed by atoms with van der Waals surface area (Å²) in [5, 5.41) is 7.68. The standard InChI is InChI=1S/C17H27N3O2S/c1-17(2,3)20-16(13-10-23(22)11-14(13)19-20)18-15(21)9-8-12-6-4-5-7-12/h12H,4-11H2,1-3H3,(H,18,21). The van der Waals surface area contributed by atoms with Gasteiger partial charge in [-0.05, 0) is 33.1 Å². The monoisotopic (exact) mass is 337 g/mol. The molecule has 1 aliphatic carbocycles. The van der Waals surface area contributed by atoms with Gasteiger partial charge in [-0.15, -0.1) is 0 Å². The summed E-state index contributed by atoms with van der Waals surface area (Å²) in [5.74, 6) is 2.54. The van der Waals surface area contributed by atoms with Crippen LogP contribution < -0.4 is 5.32 Å². The van der Waals surface area contributed by atoms with Crippen molar-refractivity contribution < 1.29 is 9.00 Å². The highest BCUT2D eigenvalue weighted by atomic mass is 32.2. The molecule has 23 heavy (non-hydrogen) atoms. The predicted octanol–water partition coefficient (Wildman–Crippen LogP) is 3.31. The molecule has 1 aromatic heterocycles. The maximum Gasteiger partial charge on any atom is 0.225 e. The topological polar surface area (TPSA) is 64.0 Å². The number of carbonyl (C=O) groups is 1. The van der Waals surface area contributed by atoms with Crippen LogP contribution in [-0.2, 0) is 32.6 Å². The van der Waals surface area contributed by atoms with Gasteiger partial charge in [0.1, 0.15) is 5.82 Å². The lowest BCUT2D eigenvalue weighted by molar-refractivity contribution is -0.116. The number of hydrogen-bond donors (Lipinski definition) is 1. The van der Waals surface area contributed by atoms with Gasteiger partial charge in [0.2, 0.25) is 5.91 Å². The van der Waals surface area contributed by atoms with Crippen molar-refractivity contribution in [3.05, 3.63) is 11.3 Å². The molecule has 2 heterocycles. The molecule has 2 aliphatic rings. The Hall–Kier alpha value is -1.17. The second-order valence-electron chi connectivity index (χ2n) is 7.82. The second-order valence-corrected chi connectivity index (χ2v) is 9.28. The Labute approximate surface area is 140 Å². The van der Waals surface area contributed by atoms with Crippen molar-refractivity contribution in [1.29, 1.82) is 0 Å². The first-order chi connectivity index (χ1) is 10.8. The molecule has 128 valence electrons. The van der Waals surface area contributed by atoms with Crippen LogP contribution in [0, 0.1) is 5.92 Å². The highest BCUT2D eigenvalue weighted by molar-refractivity contribution is 7.83. The summed E-state index contributed by atoms with van der Waals surface area (Å²) in [6, 6.07) is 0. The first kappa shape index (κ1) is 16.7. The average molecular weight is 337 g/mol. The zero-order valence-corrected chi connectivity index (χ0v) is 15.2. The Balaban J connectivity index is 1.73. The molecule has 5 nitrogen and oxygen atoms in total. The van der Waals surface area contributed by atoms with Gasteiger partial charge >= 0.3 is 0 Å². The van der Waals surface area contributed by atoms with Gasteiger partial charge in [0, 0.05) is 22.8 Å². The van der Waals surface area contributed by atoms with E-state index in [1.165, 1.54) is 25.7 Å². The Kier molecular flexibility index (Phi) is 4.63. The molecule has 3 rings (SSSR count). The third-order valence-corrected chi connectivity index (χ3v) is 6.02. The predicted molar refractivity (Wildman–Crippen MR) is 92.6 cm³/mol. The summed E-state index contributed by atoms with van der Waals surface area (Å²) >= 11 is 0. The summed E-state index contributed by atoms with van der Waals surface area (Å²) in [6.07, 6.45) is 6.69. The van der Waals surface area contributed by atoms with E-state index in [0.29, 0.717) is 23.8 Å². The summed E-state index contributed by atoms with van der Waals surface area (Å²) in [4.78, 5) is 12.4. The molecule has 1 N–H and O–H groups in total. The van der Waals surface area contributed by atoms with Gasteiger partial charge in [0.25, 0.3) is 0 Å². The minimum absolute atomic E-state index is 0.0581. The van der Waals surface area contributed by atoms with Crippen LogP contribution in [0.1, 0.15) is 70.6 Å². The van der Waals surface area contributed by atoms with E-state index in [1.54, 1.807) is 0 Å². The number of anilines is 1. The first-order valence-electron chi connectivity index (χ1n) is 8.60. The highest BCUT2D eigenvalue weighted by Gasteiger charge is 2.31. The molecule has 0 spiro atoms. The van der Waals surface area contributed by atoms with E-state index in [0.717, 1.165) is 23.5 Å². The van der Waals surface area contributed by atoms with Crippen LogP contribution in [-0.4, -0.2) is 19.9 Å². The van der Waals surface area contributed by atoms with E-state index >= 15 is 0 Å². The number of carbonyl (C=O) groups excluding carboxylic acids is 1. The number of rotatable bonds is 4. The Morgan fingerprint density at radius 2 is 2.00 bits per heavy atom. The van der Waals surface area contributed by atoms with Crippen LogP contribution in [0.3, 0.4) is 0 Å². The molecule has 1 amide bonds. The van der Waals surface area contributed by atoms with Gasteiger partial charge in [0.15, 0.2) is 0 Å². The number of nitrogens with zero attached hydrogens (tertiary/aromatic N) is 2. The van der Waals surface area contributed by atoms with E-state index in [-0.39, 0.29) is 11.4 Å². The SMILES string of the molecule is CC(C)(C)n1nc2c(c1NC(=O)CCC1CCCC1)CS(=O)C2. The van der Waals surface area contributed by atoms with E-state index in [1.807, 2.05) is 4.68 Å². The molecule has 0 bridgehead atoms. The van der Waals surface area contributed by atoms with Crippen molar-refractivity contribution >= 4 is 22.5 Å². The Bertz CT molecular complexity index is 625. The largest absolute Gasteiger partial charge is 0.311 e. The summed E-state index contributed by atoms with van der Waals surface area (Å²) < 4.78 is 13.7. The fourth-order valence-electron chi connectivity index (χ4n) is 3.57. The zero-order chi connectivity index (χ0) is 16.6. The molecule has 0 aromatic carbocycles. The molecule has 6 heteroatoms.